The highest BCUT2D eigenvalue weighted by Gasteiger charge is 2.16. The van der Waals surface area contributed by atoms with Gasteiger partial charge >= 0.3 is 0 Å². The monoisotopic (exact) mass is 310 g/mol. The van der Waals surface area contributed by atoms with Gasteiger partial charge in [-0.15, -0.1) is 0 Å². The van der Waals surface area contributed by atoms with E-state index in [1.165, 1.54) is 17.7 Å². The molecule has 3 aromatic rings. The van der Waals surface area contributed by atoms with E-state index in [0.29, 0.717) is 0 Å². The van der Waals surface area contributed by atoms with Crippen LogP contribution in [0.3, 0.4) is 0 Å². The van der Waals surface area contributed by atoms with Gasteiger partial charge in [0.25, 0.3) is 0 Å². The average molecular weight is 310 g/mol. The Kier molecular flexibility index (Phi) is 4.15. The second-order valence-electron chi connectivity index (χ2n) is 5.64. The van der Waals surface area contributed by atoms with Crippen molar-refractivity contribution >= 4 is 22.5 Å². The van der Waals surface area contributed by atoms with Crippen molar-refractivity contribution in [3.8, 4) is 0 Å². The number of anilines is 1. The van der Waals surface area contributed by atoms with E-state index in [-0.39, 0.29) is 17.8 Å². The van der Waals surface area contributed by atoms with Gasteiger partial charge in [-0.3, -0.25) is 4.79 Å². The van der Waals surface area contributed by atoms with Crippen molar-refractivity contribution in [1.82, 2.24) is 4.57 Å². The van der Waals surface area contributed by atoms with E-state index in [4.69, 9.17) is 0 Å². The number of aryl methyl sites for hydroxylation is 1. The molecule has 0 aliphatic carbocycles. The molecule has 23 heavy (non-hydrogen) atoms. The van der Waals surface area contributed by atoms with Crippen LogP contribution in [-0.4, -0.2) is 10.5 Å². The molecule has 1 amide bonds. The van der Waals surface area contributed by atoms with Gasteiger partial charge < -0.3 is 9.88 Å². The van der Waals surface area contributed by atoms with Gasteiger partial charge in [0.2, 0.25) is 5.91 Å². The molecule has 1 N–H and O–H groups in total. The number of amides is 1. The molecule has 1 heterocycles. The minimum absolute atomic E-state index is 0.101. The molecule has 2 aromatic carbocycles. The summed E-state index contributed by atoms with van der Waals surface area (Å²) in [4.78, 5) is 12.5. The first kappa shape index (κ1) is 15.3. The smallest absolute Gasteiger partial charge is 0.247 e. The molecule has 0 aliphatic rings. The first-order valence-corrected chi connectivity index (χ1v) is 7.74. The summed E-state index contributed by atoms with van der Waals surface area (Å²) in [5, 5.41) is 3.71. The van der Waals surface area contributed by atoms with Crippen LogP contribution in [0.25, 0.3) is 10.9 Å². The van der Waals surface area contributed by atoms with Crippen molar-refractivity contribution in [3.05, 3.63) is 66.1 Å². The molecule has 3 nitrogen and oxygen atoms in total. The highest BCUT2D eigenvalue weighted by Crippen LogP contribution is 2.22. The van der Waals surface area contributed by atoms with Crippen LogP contribution in [0.1, 0.15) is 25.5 Å². The van der Waals surface area contributed by atoms with Crippen LogP contribution in [0.5, 0.6) is 0 Å². The van der Waals surface area contributed by atoms with Gasteiger partial charge in [0.15, 0.2) is 0 Å². The first-order chi connectivity index (χ1) is 11.1. The molecule has 1 unspecified atom stereocenters. The summed E-state index contributed by atoms with van der Waals surface area (Å²) < 4.78 is 15.1. The lowest BCUT2D eigenvalue weighted by atomic mass is 10.1. The van der Waals surface area contributed by atoms with Crippen LogP contribution in [0.15, 0.2) is 54.7 Å². The van der Waals surface area contributed by atoms with E-state index in [2.05, 4.69) is 12.2 Å². The fraction of sp³-hybridized carbons (Fsp3) is 0.211. The number of nitrogens with zero attached hydrogens (tertiary/aromatic N) is 1. The van der Waals surface area contributed by atoms with E-state index in [0.717, 1.165) is 23.0 Å². The van der Waals surface area contributed by atoms with E-state index in [1.807, 2.05) is 48.0 Å². The van der Waals surface area contributed by atoms with Gasteiger partial charge in [-0.2, -0.15) is 0 Å². The molecular weight excluding hydrogens is 291 g/mol. The summed E-state index contributed by atoms with van der Waals surface area (Å²) in [6, 6.07) is 13.8. The third kappa shape index (κ3) is 3.11. The third-order valence-electron chi connectivity index (χ3n) is 4.11. The number of benzene rings is 2. The Hall–Kier alpha value is -2.62. The van der Waals surface area contributed by atoms with Crippen LogP contribution in [0, 0.1) is 5.82 Å². The lowest BCUT2D eigenvalue weighted by Crippen LogP contribution is -2.23. The third-order valence-corrected chi connectivity index (χ3v) is 4.11. The quantitative estimate of drug-likeness (QED) is 0.754. The Morgan fingerprint density at radius 1 is 1.17 bits per heavy atom. The standard InChI is InChI=1S/C19H19FN2O/c1-3-14-4-7-17(8-5-14)21-19(23)13(2)22-11-10-15-12-16(20)6-9-18(15)22/h4-13H,3H2,1-2H3,(H,21,23). The molecule has 0 bridgehead atoms. The summed E-state index contributed by atoms with van der Waals surface area (Å²) in [5.74, 6) is -0.376. The van der Waals surface area contributed by atoms with Crippen molar-refractivity contribution < 1.29 is 9.18 Å². The van der Waals surface area contributed by atoms with Crippen LogP contribution < -0.4 is 5.32 Å². The lowest BCUT2D eigenvalue weighted by Gasteiger charge is -2.15. The lowest BCUT2D eigenvalue weighted by molar-refractivity contribution is -0.118. The molecule has 0 radical (unpaired) electrons. The molecule has 0 saturated heterocycles. The molecule has 118 valence electrons. The Labute approximate surface area is 134 Å². The fourth-order valence-corrected chi connectivity index (χ4v) is 2.67. The normalized spacial score (nSPS) is 12.3. The Bertz CT molecular complexity index is 836. The first-order valence-electron chi connectivity index (χ1n) is 7.74. The molecule has 1 atom stereocenters. The number of carbonyl (C=O) groups excluding carboxylic acids is 1. The predicted octanol–water partition coefficient (Wildman–Crippen LogP) is 4.54. The maximum absolute atomic E-state index is 13.3. The zero-order chi connectivity index (χ0) is 16.4. The van der Waals surface area contributed by atoms with Crippen molar-refractivity contribution in [2.24, 2.45) is 0 Å². The van der Waals surface area contributed by atoms with Gasteiger partial charge in [-0.1, -0.05) is 19.1 Å². The fourth-order valence-electron chi connectivity index (χ4n) is 2.67. The largest absolute Gasteiger partial charge is 0.335 e. The molecule has 1 aromatic heterocycles. The number of carbonyl (C=O) groups is 1. The highest BCUT2D eigenvalue weighted by molar-refractivity contribution is 5.95. The molecule has 0 aliphatic heterocycles. The van der Waals surface area contributed by atoms with Crippen molar-refractivity contribution in [2.75, 3.05) is 5.32 Å². The van der Waals surface area contributed by atoms with Crippen molar-refractivity contribution in [3.63, 3.8) is 0 Å². The van der Waals surface area contributed by atoms with Gasteiger partial charge in [-0.25, -0.2) is 4.39 Å². The number of halogens is 1. The van der Waals surface area contributed by atoms with Crippen LogP contribution >= 0.6 is 0 Å². The van der Waals surface area contributed by atoms with Crippen LogP contribution in [0.2, 0.25) is 0 Å². The number of rotatable bonds is 4. The molecule has 0 saturated carbocycles. The van der Waals surface area contributed by atoms with Crippen LogP contribution in [-0.2, 0) is 11.2 Å². The zero-order valence-electron chi connectivity index (χ0n) is 13.2. The van der Waals surface area contributed by atoms with E-state index < -0.39 is 0 Å². The minimum Gasteiger partial charge on any atom is -0.335 e. The van der Waals surface area contributed by atoms with E-state index in [1.54, 1.807) is 6.07 Å². The van der Waals surface area contributed by atoms with E-state index in [9.17, 15) is 9.18 Å². The minimum atomic E-state index is -0.385. The molecular formula is C19H19FN2O. The summed E-state index contributed by atoms with van der Waals surface area (Å²) in [5.41, 5.74) is 2.85. The summed E-state index contributed by atoms with van der Waals surface area (Å²) in [6.07, 6.45) is 2.78. The maximum atomic E-state index is 13.3. The van der Waals surface area contributed by atoms with Crippen molar-refractivity contribution in [1.29, 1.82) is 0 Å². The summed E-state index contributed by atoms with van der Waals surface area (Å²) in [7, 11) is 0. The number of hydrogen-bond donors (Lipinski definition) is 1. The number of aromatic nitrogens is 1. The summed E-state index contributed by atoms with van der Waals surface area (Å²) in [6.45, 7) is 3.92. The Morgan fingerprint density at radius 2 is 1.91 bits per heavy atom. The maximum Gasteiger partial charge on any atom is 0.247 e. The number of nitrogens with one attached hydrogen (secondary N) is 1. The Morgan fingerprint density at radius 3 is 2.61 bits per heavy atom. The topological polar surface area (TPSA) is 34.0 Å². The molecule has 0 fully saturated rings. The van der Waals surface area contributed by atoms with Gasteiger partial charge in [-0.05, 0) is 55.3 Å². The zero-order valence-corrected chi connectivity index (χ0v) is 13.2. The average Bonchev–Trinajstić information content (AvgIpc) is 2.97. The Balaban J connectivity index is 1.80. The van der Waals surface area contributed by atoms with E-state index >= 15 is 0 Å². The summed E-state index contributed by atoms with van der Waals surface area (Å²) >= 11 is 0. The second-order valence-corrected chi connectivity index (χ2v) is 5.64. The second kappa shape index (κ2) is 6.24. The van der Waals surface area contributed by atoms with Gasteiger partial charge in [0, 0.05) is 22.8 Å². The van der Waals surface area contributed by atoms with Crippen LogP contribution in [0.4, 0.5) is 10.1 Å². The molecule has 3 rings (SSSR count). The predicted molar refractivity (Wildman–Crippen MR) is 91.1 cm³/mol. The number of fused-ring (bicyclic) bond motifs is 1. The highest BCUT2D eigenvalue weighted by atomic mass is 19.1. The van der Waals surface area contributed by atoms with Crippen molar-refractivity contribution in [2.45, 2.75) is 26.3 Å². The van der Waals surface area contributed by atoms with Gasteiger partial charge in [0.1, 0.15) is 11.9 Å². The number of hydrogen-bond acceptors (Lipinski definition) is 1. The molecule has 0 spiro atoms. The van der Waals surface area contributed by atoms with Gasteiger partial charge in [0.05, 0.1) is 0 Å². The SMILES string of the molecule is CCc1ccc(NC(=O)C(C)n2ccc3cc(F)ccc32)cc1. The molecule has 4 heteroatoms.